The van der Waals surface area contributed by atoms with Gasteiger partial charge in [-0.2, -0.15) is 4.98 Å². The summed E-state index contributed by atoms with van der Waals surface area (Å²) in [5, 5.41) is 10.2. The summed E-state index contributed by atoms with van der Waals surface area (Å²) in [5.41, 5.74) is 0.661. The number of halogens is 2. The number of aromatic nitrogens is 3. The van der Waals surface area contributed by atoms with E-state index in [0.717, 1.165) is 13.0 Å². The van der Waals surface area contributed by atoms with Gasteiger partial charge < -0.3 is 15.2 Å². The zero-order valence-electron chi connectivity index (χ0n) is 13.1. The van der Waals surface area contributed by atoms with Crippen molar-refractivity contribution < 1.29 is 9.32 Å². The van der Waals surface area contributed by atoms with E-state index < -0.39 is 0 Å². The molecule has 0 aromatic carbocycles. The molecule has 1 unspecified atom stereocenters. The molecule has 2 aromatic heterocycles. The van der Waals surface area contributed by atoms with Crippen molar-refractivity contribution in [3.05, 3.63) is 30.3 Å². The second kappa shape index (κ2) is 10.2. The lowest BCUT2D eigenvalue weighted by molar-refractivity contribution is -0.121. The van der Waals surface area contributed by atoms with Crippen molar-refractivity contribution in [3.8, 4) is 11.5 Å². The van der Waals surface area contributed by atoms with Crippen LogP contribution >= 0.6 is 24.8 Å². The van der Waals surface area contributed by atoms with Crippen LogP contribution in [0.15, 0.2) is 28.9 Å². The highest BCUT2D eigenvalue weighted by molar-refractivity contribution is 5.85. The number of nitrogens with one attached hydrogen (secondary N) is 2. The van der Waals surface area contributed by atoms with Gasteiger partial charge in [0.1, 0.15) is 5.69 Å². The SMILES string of the molecule is Cl.Cl.O=C(CCc1nc(-c2ccccn2)no1)NCC1CCCN1. The van der Waals surface area contributed by atoms with E-state index in [9.17, 15) is 4.79 Å². The van der Waals surface area contributed by atoms with E-state index in [0.29, 0.717) is 42.8 Å². The van der Waals surface area contributed by atoms with E-state index in [1.807, 2.05) is 18.2 Å². The lowest BCUT2D eigenvalue weighted by Crippen LogP contribution is -2.37. The van der Waals surface area contributed by atoms with Crippen molar-refractivity contribution in [2.24, 2.45) is 0 Å². The highest BCUT2D eigenvalue weighted by Gasteiger charge is 2.15. The molecule has 0 aliphatic carbocycles. The number of aryl methyl sites for hydroxylation is 1. The molecule has 24 heavy (non-hydrogen) atoms. The Balaban J connectivity index is 0.00000144. The van der Waals surface area contributed by atoms with E-state index in [4.69, 9.17) is 4.52 Å². The number of hydrogen-bond acceptors (Lipinski definition) is 6. The molecule has 0 bridgehead atoms. The standard InChI is InChI=1S/C15H19N5O2.2ClH/c21-13(18-10-11-4-3-9-16-11)6-7-14-19-15(20-22-14)12-5-1-2-8-17-12;;/h1-2,5,8,11,16H,3-4,6-7,9-10H2,(H,18,21);2*1H. The van der Waals surface area contributed by atoms with Crippen LogP contribution < -0.4 is 10.6 Å². The maximum absolute atomic E-state index is 11.8. The van der Waals surface area contributed by atoms with Gasteiger partial charge in [0.05, 0.1) is 0 Å². The average Bonchev–Trinajstić information content (AvgIpc) is 3.23. The fourth-order valence-electron chi connectivity index (χ4n) is 2.43. The molecule has 1 atom stereocenters. The normalized spacial score (nSPS) is 16.1. The van der Waals surface area contributed by atoms with Crippen LogP contribution in [0.4, 0.5) is 0 Å². The first-order valence-corrected chi connectivity index (χ1v) is 7.55. The van der Waals surface area contributed by atoms with Crippen molar-refractivity contribution in [3.63, 3.8) is 0 Å². The van der Waals surface area contributed by atoms with Crippen molar-refractivity contribution >= 4 is 30.7 Å². The van der Waals surface area contributed by atoms with E-state index in [2.05, 4.69) is 25.8 Å². The zero-order chi connectivity index (χ0) is 15.2. The third-order valence-electron chi connectivity index (χ3n) is 3.64. The van der Waals surface area contributed by atoms with Crippen LogP contribution in [0, 0.1) is 0 Å². The summed E-state index contributed by atoms with van der Waals surface area (Å²) in [7, 11) is 0. The topological polar surface area (TPSA) is 92.9 Å². The zero-order valence-corrected chi connectivity index (χ0v) is 14.7. The number of amides is 1. The molecule has 7 nitrogen and oxygen atoms in total. The Bertz CT molecular complexity index is 617. The molecular weight excluding hydrogens is 353 g/mol. The van der Waals surface area contributed by atoms with Gasteiger partial charge in [-0.3, -0.25) is 9.78 Å². The molecule has 3 heterocycles. The lowest BCUT2D eigenvalue weighted by Gasteiger charge is -2.10. The molecule has 1 fully saturated rings. The van der Waals surface area contributed by atoms with Crippen LogP contribution in [0.5, 0.6) is 0 Å². The van der Waals surface area contributed by atoms with Gasteiger partial charge in [-0.1, -0.05) is 11.2 Å². The van der Waals surface area contributed by atoms with Gasteiger partial charge in [0.2, 0.25) is 17.6 Å². The Labute approximate surface area is 152 Å². The summed E-state index contributed by atoms with van der Waals surface area (Å²) >= 11 is 0. The van der Waals surface area contributed by atoms with Crippen molar-refractivity contribution in [1.82, 2.24) is 25.8 Å². The summed E-state index contributed by atoms with van der Waals surface area (Å²) in [4.78, 5) is 20.2. The van der Waals surface area contributed by atoms with Crippen molar-refractivity contribution in [2.75, 3.05) is 13.1 Å². The molecule has 0 saturated carbocycles. The second-order valence-electron chi connectivity index (χ2n) is 5.32. The van der Waals surface area contributed by atoms with E-state index >= 15 is 0 Å². The summed E-state index contributed by atoms with van der Waals surface area (Å²) in [5.74, 6) is 0.909. The number of carbonyl (C=O) groups excluding carboxylic acids is 1. The molecule has 1 amide bonds. The summed E-state index contributed by atoms with van der Waals surface area (Å²) in [6, 6.07) is 5.91. The molecule has 1 saturated heterocycles. The average molecular weight is 374 g/mol. The third-order valence-corrected chi connectivity index (χ3v) is 3.64. The van der Waals surface area contributed by atoms with Crippen molar-refractivity contribution in [2.45, 2.75) is 31.7 Å². The number of pyridine rings is 1. The Morgan fingerprint density at radius 2 is 2.25 bits per heavy atom. The van der Waals surface area contributed by atoms with Gasteiger partial charge in [0, 0.05) is 31.6 Å². The lowest BCUT2D eigenvalue weighted by atomic mass is 10.2. The fourth-order valence-corrected chi connectivity index (χ4v) is 2.43. The molecule has 9 heteroatoms. The van der Waals surface area contributed by atoms with E-state index in [1.54, 1.807) is 6.20 Å². The Hall–Kier alpha value is -1.70. The van der Waals surface area contributed by atoms with Crippen molar-refractivity contribution in [1.29, 1.82) is 0 Å². The van der Waals surface area contributed by atoms with Gasteiger partial charge >= 0.3 is 0 Å². The monoisotopic (exact) mass is 373 g/mol. The van der Waals surface area contributed by atoms with Gasteiger partial charge in [0.15, 0.2) is 0 Å². The van der Waals surface area contributed by atoms with Crippen LogP contribution in [0.2, 0.25) is 0 Å². The molecule has 3 rings (SSSR count). The largest absolute Gasteiger partial charge is 0.355 e. The highest BCUT2D eigenvalue weighted by Crippen LogP contribution is 2.12. The number of carbonyl (C=O) groups is 1. The molecule has 2 N–H and O–H groups in total. The maximum Gasteiger partial charge on any atom is 0.227 e. The predicted molar refractivity (Wildman–Crippen MR) is 94.4 cm³/mol. The minimum atomic E-state index is 0. The number of rotatable bonds is 6. The van der Waals surface area contributed by atoms with Crippen LogP contribution in [0.25, 0.3) is 11.5 Å². The molecule has 2 aromatic rings. The van der Waals surface area contributed by atoms with Gasteiger partial charge in [-0.15, -0.1) is 24.8 Å². The smallest absolute Gasteiger partial charge is 0.227 e. The molecule has 1 aliphatic rings. The summed E-state index contributed by atoms with van der Waals surface area (Å²) in [6.07, 6.45) is 4.76. The molecule has 1 aliphatic heterocycles. The Kier molecular flexibility index (Phi) is 8.67. The molecular formula is C15H21Cl2N5O2. The summed E-state index contributed by atoms with van der Waals surface area (Å²) in [6.45, 7) is 1.72. The number of nitrogens with zero attached hydrogens (tertiary/aromatic N) is 3. The first-order valence-electron chi connectivity index (χ1n) is 7.55. The predicted octanol–water partition coefficient (Wildman–Crippen LogP) is 1.78. The van der Waals surface area contributed by atoms with Gasteiger partial charge in [-0.05, 0) is 31.5 Å². The van der Waals surface area contributed by atoms with E-state index in [1.165, 1.54) is 6.42 Å². The first-order chi connectivity index (χ1) is 10.8. The quantitative estimate of drug-likeness (QED) is 0.801. The number of hydrogen-bond donors (Lipinski definition) is 2. The van der Waals surface area contributed by atoms with Crippen LogP contribution in [-0.4, -0.2) is 40.2 Å². The Morgan fingerprint density at radius 1 is 1.38 bits per heavy atom. The fraction of sp³-hybridized carbons (Fsp3) is 0.467. The van der Waals surface area contributed by atoms with Crippen LogP contribution in [0.3, 0.4) is 0 Å². The Morgan fingerprint density at radius 3 is 2.96 bits per heavy atom. The molecule has 132 valence electrons. The minimum Gasteiger partial charge on any atom is -0.355 e. The third kappa shape index (κ3) is 5.74. The highest BCUT2D eigenvalue weighted by atomic mass is 35.5. The van der Waals surface area contributed by atoms with Crippen LogP contribution in [0.1, 0.15) is 25.2 Å². The summed E-state index contributed by atoms with van der Waals surface area (Å²) < 4.78 is 5.15. The molecule has 0 spiro atoms. The maximum atomic E-state index is 11.8. The van der Waals surface area contributed by atoms with Gasteiger partial charge in [-0.25, -0.2) is 0 Å². The van der Waals surface area contributed by atoms with Crippen LogP contribution in [-0.2, 0) is 11.2 Å². The van der Waals surface area contributed by atoms with Gasteiger partial charge in [0.25, 0.3) is 0 Å². The first kappa shape index (κ1) is 20.3. The second-order valence-corrected chi connectivity index (χ2v) is 5.32. The minimum absolute atomic E-state index is 0. The van der Waals surface area contributed by atoms with E-state index in [-0.39, 0.29) is 30.7 Å². The molecule has 0 radical (unpaired) electrons.